The van der Waals surface area contributed by atoms with Gasteiger partial charge in [-0.1, -0.05) is 0 Å². The highest BCUT2D eigenvalue weighted by Crippen LogP contribution is 2.16. The van der Waals surface area contributed by atoms with Crippen LogP contribution in [0.4, 0.5) is 0 Å². The molecule has 0 radical (unpaired) electrons. The molecule has 0 N–H and O–H groups in total. The molecule has 12 heavy (non-hydrogen) atoms. The second-order valence-corrected chi connectivity index (χ2v) is 3.94. The fraction of sp³-hybridized carbons (Fsp3) is 0.875. The predicted octanol–water partition coefficient (Wildman–Crippen LogP) is 1.88. The summed E-state index contributed by atoms with van der Waals surface area (Å²) in [6.45, 7) is 2.51. The first-order valence-corrected chi connectivity index (χ1v) is 5.24. The van der Waals surface area contributed by atoms with Gasteiger partial charge in [0.25, 0.3) is 0 Å². The van der Waals surface area contributed by atoms with Crippen LogP contribution in [0.1, 0.15) is 26.2 Å². The van der Waals surface area contributed by atoms with Gasteiger partial charge in [0.1, 0.15) is 6.10 Å². The zero-order valence-corrected chi connectivity index (χ0v) is 9.24. The van der Waals surface area contributed by atoms with E-state index in [-0.39, 0.29) is 16.2 Å². The number of halogens is 1. The second kappa shape index (κ2) is 5.14. The SMILES string of the molecule is CC(OC1CCCCO1)C(=O)I. The number of rotatable bonds is 3. The van der Waals surface area contributed by atoms with Crippen molar-refractivity contribution in [3.63, 3.8) is 0 Å². The monoisotopic (exact) mass is 284 g/mol. The molecule has 2 atom stereocenters. The molecule has 4 heteroatoms. The Kier molecular flexibility index (Phi) is 4.45. The van der Waals surface area contributed by atoms with Crippen LogP contribution in [0.3, 0.4) is 0 Å². The first kappa shape index (κ1) is 10.4. The van der Waals surface area contributed by atoms with E-state index in [1.165, 1.54) is 0 Å². The summed E-state index contributed by atoms with van der Waals surface area (Å²) in [5.41, 5.74) is 0. The molecule has 70 valence electrons. The molecule has 1 aliphatic rings. The molecule has 1 fully saturated rings. The molecule has 0 aliphatic carbocycles. The Morgan fingerprint density at radius 2 is 2.42 bits per heavy atom. The lowest BCUT2D eigenvalue weighted by Gasteiger charge is -2.24. The van der Waals surface area contributed by atoms with Crippen molar-refractivity contribution in [1.82, 2.24) is 0 Å². The molecule has 0 amide bonds. The van der Waals surface area contributed by atoms with Gasteiger partial charge in [-0.15, -0.1) is 0 Å². The van der Waals surface area contributed by atoms with Crippen LogP contribution >= 0.6 is 22.6 Å². The van der Waals surface area contributed by atoms with E-state index in [1.54, 1.807) is 29.5 Å². The van der Waals surface area contributed by atoms with Crippen LogP contribution in [0, 0.1) is 0 Å². The third-order valence-electron chi connectivity index (χ3n) is 1.81. The highest BCUT2D eigenvalue weighted by atomic mass is 127. The van der Waals surface area contributed by atoms with E-state index in [1.807, 2.05) is 0 Å². The summed E-state index contributed by atoms with van der Waals surface area (Å²) in [4.78, 5) is 10.8. The average molecular weight is 284 g/mol. The zero-order valence-electron chi connectivity index (χ0n) is 7.09. The molecular formula is C8H13IO3. The summed E-state index contributed by atoms with van der Waals surface area (Å²) in [7, 11) is 0. The molecule has 1 aliphatic heterocycles. The Morgan fingerprint density at radius 1 is 1.67 bits per heavy atom. The van der Waals surface area contributed by atoms with Crippen LogP contribution in [-0.4, -0.2) is 22.8 Å². The third kappa shape index (κ3) is 3.37. The number of carbonyl (C=O) groups is 1. The second-order valence-electron chi connectivity index (χ2n) is 2.88. The Labute approximate surface area is 85.9 Å². The normalized spacial score (nSPS) is 26.7. The molecule has 0 aromatic rings. The molecule has 3 nitrogen and oxygen atoms in total. The minimum atomic E-state index is -0.339. The average Bonchev–Trinajstić information content (AvgIpc) is 2.06. The van der Waals surface area contributed by atoms with Gasteiger partial charge in [-0.05, 0) is 26.2 Å². The number of hydrogen-bond acceptors (Lipinski definition) is 3. The van der Waals surface area contributed by atoms with Gasteiger partial charge in [-0.2, -0.15) is 0 Å². The van der Waals surface area contributed by atoms with Gasteiger partial charge < -0.3 is 9.47 Å². The molecular weight excluding hydrogens is 271 g/mol. The largest absolute Gasteiger partial charge is 0.353 e. The Bertz CT molecular complexity index is 154. The molecule has 1 saturated heterocycles. The van der Waals surface area contributed by atoms with Gasteiger partial charge >= 0.3 is 0 Å². The molecule has 0 spiro atoms. The number of hydrogen-bond donors (Lipinski definition) is 0. The van der Waals surface area contributed by atoms with E-state index < -0.39 is 0 Å². The van der Waals surface area contributed by atoms with Crippen molar-refractivity contribution >= 4 is 26.4 Å². The highest BCUT2D eigenvalue weighted by molar-refractivity contribution is 14.1. The molecule has 1 rings (SSSR count). The van der Waals surface area contributed by atoms with Crippen LogP contribution in [-0.2, 0) is 14.3 Å². The fourth-order valence-electron chi connectivity index (χ4n) is 1.10. The summed E-state index contributed by atoms with van der Waals surface area (Å²) in [6.07, 6.45) is 2.65. The van der Waals surface area contributed by atoms with E-state index in [0.717, 1.165) is 25.9 Å². The van der Waals surface area contributed by atoms with Crippen molar-refractivity contribution in [2.75, 3.05) is 6.61 Å². The maximum atomic E-state index is 10.8. The summed E-state index contributed by atoms with van der Waals surface area (Å²) >= 11 is 1.75. The molecule has 0 saturated carbocycles. The standard InChI is InChI=1S/C8H13IO3/c1-6(8(9)10)12-7-4-2-3-5-11-7/h6-7H,2-5H2,1H3. The van der Waals surface area contributed by atoms with Crippen LogP contribution in [0.2, 0.25) is 0 Å². The first-order chi connectivity index (χ1) is 5.70. The van der Waals surface area contributed by atoms with Crippen LogP contribution < -0.4 is 0 Å². The van der Waals surface area contributed by atoms with Crippen LogP contribution in [0.5, 0.6) is 0 Å². The van der Waals surface area contributed by atoms with Gasteiger partial charge in [0, 0.05) is 29.2 Å². The van der Waals surface area contributed by atoms with Crippen LogP contribution in [0.25, 0.3) is 0 Å². The number of carbonyl (C=O) groups excluding carboxylic acids is 1. The predicted molar refractivity (Wildman–Crippen MR) is 53.2 cm³/mol. The maximum absolute atomic E-state index is 10.8. The molecule has 0 aromatic heterocycles. The minimum absolute atomic E-state index is 0.0294. The zero-order chi connectivity index (χ0) is 8.97. The lowest BCUT2D eigenvalue weighted by molar-refractivity contribution is -0.183. The van der Waals surface area contributed by atoms with E-state index in [4.69, 9.17) is 9.47 Å². The number of ether oxygens (including phenoxy) is 2. The first-order valence-electron chi connectivity index (χ1n) is 4.16. The quantitative estimate of drug-likeness (QED) is 0.586. The molecule has 1 heterocycles. The Balaban J connectivity index is 2.24. The smallest absolute Gasteiger partial charge is 0.220 e. The van der Waals surface area contributed by atoms with Gasteiger partial charge in [0.15, 0.2) is 6.29 Å². The maximum Gasteiger partial charge on any atom is 0.220 e. The van der Waals surface area contributed by atoms with Crippen molar-refractivity contribution in [2.24, 2.45) is 0 Å². The van der Waals surface area contributed by atoms with E-state index in [2.05, 4.69) is 0 Å². The van der Waals surface area contributed by atoms with Crippen molar-refractivity contribution in [3.8, 4) is 0 Å². The van der Waals surface area contributed by atoms with E-state index >= 15 is 0 Å². The van der Waals surface area contributed by atoms with Crippen molar-refractivity contribution in [1.29, 1.82) is 0 Å². The summed E-state index contributed by atoms with van der Waals surface area (Å²) in [5, 5.41) is 0. The van der Waals surface area contributed by atoms with E-state index in [0.29, 0.717) is 0 Å². The van der Waals surface area contributed by atoms with Gasteiger partial charge in [0.05, 0.1) is 0 Å². The fourth-order valence-corrected chi connectivity index (χ4v) is 1.25. The van der Waals surface area contributed by atoms with Gasteiger partial charge in [-0.25, -0.2) is 0 Å². The third-order valence-corrected chi connectivity index (χ3v) is 2.69. The molecule has 2 unspecified atom stereocenters. The lowest BCUT2D eigenvalue weighted by atomic mass is 10.2. The topological polar surface area (TPSA) is 35.5 Å². The van der Waals surface area contributed by atoms with Crippen LogP contribution in [0.15, 0.2) is 0 Å². The van der Waals surface area contributed by atoms with Gasteiger partial charge in [-0.3, -0.25) is 4.79 Å². The Morgan fingerprint density at radius 3 is 2.92 bits per heavy atom. The summed E-state index contributed by atoms with van der Waals surface area (Å²) < 4.78 is 10.7. The molecule has 0 bridgehead atoms. The highest BCUT2D eigenvalue weighted by Gasteiger charge is 2.19. The summed E-state index contributed by atoms with van der Waals surface area (Å²) in [6, 6.07) is 0. The summed E-state index contributed by atoms with van der Waals surface area (Å²) in [5.74, 6) is 0. The molecule has 0 aromatic carbocycles. The Hall–Kier alpha value is 0.320. The minimum Gasteiger partial charge on any atom is -0.353 e. The van der Waals surface area contributed by atoms with Crippen molar-refractivity contribution < 1.29 is 14.3 Å². The van der Waals surface area contributed by atoms with E-state index in [9.17, 15) is 4.79 Å². The van der Waals surface area contributed by atoms with Crippen molar-refractivity contribution in [2.45, 2.75) is 38.6 Å². The lowest BCUT2D eigenvalue weighted by Crippen LogP contribution is -2.28. The van der Waals surface area contributed by atoms with Gasteiger partial charge in [0.2, 0.25) is 3.79 Å². The van der Waals surface area contributed by atoms with Crippen molar-refractivity contribution in [3.05, 3.63) is 0 Å².